The highest BCUT2D eigenvalue weighted by Crippen LogP contribution is 2.43. The van der Waals surface area contributed by atoms with Gasteiger partial charge in [-0.1, -0.05) is 13.8 Å². The van der Waals surface area contributed by atoms with Crippen LogP contribution in [0.15, 0.2) is 0 Å². The smallest absolute Gasteiger partial charge is 0.0628 e. The van der Waals surface area contributed by atoms with E-state index in [1.54, 1.807) is 0 Å². The molecule has 12 heavy (non-hydrogen) atoms. The van der Waals surface area contributed by atoms with Crippen molar-refractivity contribution in [3.8, 4) is 0 Å². The van der Waals surface area contributed by atoms with Crippen molar-refractivity contribution in [3.05, 3.63) is 17.0 Å². The minimum atomic E-state index is 0.712. The van der Waals surface area contributed by atoms with E-state index in [9.17, 15) is 0 Å². The van der Waals surface area contributed by atoms with Crippen molar-refractivity contribution in [3.63, 3.8) is 0 Å². The van der Waals surface area contributed by atoms with Gasteiger partial charge in [0.05, 0.1) is 5.69 Å². The first-order chi connectivity index (χ1) is 5.74. The average molecular weight is 164 g/mol. The predicted molar refractivity (Wildman–Crippen MR) is 49.4 cm³/mol. The maximum absolute atomic E-state index is 4.26. The molecular weight excluding hydrogens is 148 g/mol. The summed E-state index contributed by atoms with van der Waals surface area (Å²) in [4.78, 5) is 0. The molecule has 0 aliphatic heterocycles. The second kappa shape index (κ2) is 2.61. The molecule has 1 N–H and O–H groups in total. The molecule has 0 saturated carbocycles. The van der Waals surface area contributed by atoms with Gasteiger partial charge in [0.25, 0.3) is 0 Å². The fourth-order valence-corrected chi connectivity index (χ4v) is 2.43. The minimum Gasteiger partial charge on any atom is -0.282 e. The minimum absolute atomic E-state index is 0.712. The number of H-pyrrole nitrogens is 1. The summed E-state index contributed by atoms with van der Waals surface area (Å²) in [7, 11) is 0. The van der Waals surface area contributed by atoms with Crippen molar-refractivity contribution in [2.24, 2.45) is 0 Å². The summed E-state index contributed by atoms with van der Waals surface area (Å²) in [5.74, 6) is 1.44. The van der Waals surface area contributed by atoms with Crippen LogP contribution in [0.4, 0.5) is 0 Å². The third-order valence-corrected chi connectivity index (χ3v) is 3.06. The number of aromatic nitrogens is 2. The summed E-state index contributed by atoms with van der Waals surface area (Å²) in [5, 5.41) is 7.43. The Bertz CT molecular complexity index is 288. The van der Waals surface area contributed by atoms with Crippen molar-refractivity contribution in [2.45, 2.75) is 45.4 Å². The predicted octanol–water partition coefficient (Wildman–Crippen LogP) is 2.72. The Balaban J connectivity index is 2.44. The summed E-state index contributed by atoms with van der Waals surface area (Å²) >= 11 is 0. The molecule has 0 radical (unpaired) electrons. The van der Waals surface area contributed by atoms with Gasteiger partial charge in [0.15, 0.2) is 0 Å². The Morgan fingerprint density at radius 2 is 2.33 bits per heavy atom. The number of hydrogen-bond donors (Lipinski definition) is 1. The van der Waals surface area contributed by atoms with Gasteiger partial charge >= 0.3 is 0 Å². The summed E-state index contributed by atoms with van der Waals surface area (Å²) in [6.45, 7) is 6.66. The molecule has 1 heterocycles. The van der Waals surface area contributed by atoms with Crippen LogP contribution in [0.1, 0.15) is 55.5 Å². The molecule has 2 rings (SSSR count). The zero-order valence-corrected chi connectivity index (χ0v) is 8.02. The Labute approximate surface area is 73.4 Å². The number of nitrogens with one attached hydrogen (secondary N) is 1. The Morgan fingerprint density at radius 1 is 1.58 bits per heavy atom. The third kappa shape index (κ3) is 0.904. The number of nitrogens with zero attached hydrogens (tertiary/aromatic N) is 1. The summed E-state index contributed by atoms with van der Waals surface area (Å²) < 4.78 is 0. The molecule has 2 unspecified atom stereocenters. The van der Waals surface area contributed by atoms with Crippen molar-refractivity contribution in [1.82, 2.24) is 10.2 Å². The van der Waals surface area contributed by atoms with Gasteiger partial charge in [-0.25, -0.2) is 0 Å². The molecule has 66 valence electrons. The van der Waals surface area contributed by atoms with Crippen LogP contribution in [-0.2, 0) is 0 Å². The van der Waals surface area contributed by atoms with Crippen LogP contribution >= 0.6 is 0 Å². The number of aromatic amines is 1. The average Bonchev–Trinajstić information content (AvgIpc) is 2.55. The maximum Gasteiger partial charge on any atom is 0.0628 e. The van der Waals surface area contributed by atoms with E-state index in [1.807, 2.05) is 0 Å². The SMILES string of the molecule is CCC1CC(C)c2c(C)n[nH]c21. The number of aryl methyl sites for hydroxylation is 1. The summed E-state index contributed by atoms with van der Waals surface area (Å²) in [6, 6.07) is 0. The molecule has 2 nitrogen and oxygen atoms in total. The van der Waals surface area contributed by atoms with Gasteiger partial charge in [-0.2, -0.15) is 5.10 Å². The molecule has 1 aromatic heterocycles. The quantitative estimate of drug-likeness (QED) is 0.679. The lowest BCUT2D eigenvalue weighted by atomic mass is 10.0. The zero-order valence-electron chi connectivity index (χ0n) is 8.02. The highest BCUT2D eigenvalue weighted by molar-refractivity contribution is 5.35. The van der Waals surface area contributed by atoms with Crippen LogP contribution in [0.2, 0.25) is 0 Å². The normalized spacial score (nSPS) is 27.6. The molecule has 2 heteroatoms. The molecule has 0 amide bonds. The Kier molecular flexibility index (Phi) is 1.71. The van der Waals surface area contributed by atoms with Crippen LogP contribution in [0.5, 0.6) is 0 Å². The lowest BCUT2D eigenvalue weighted by molar-refractivity contribution is 0.585. The fraction of sp³-hybridized carbons (Fsp3) is 0.700. The molecule has 0 fully saturated rings. The molecule has 1 aromatic rings. The first-order valence-corrected chi connectivity index (χ1v) is 4.78. The van der Waals surface area contributed by atoms with Gasteiger partial charge in [0, 0.05) is 11.6 Å². The van der Waals surface area contributed by atoms with E-state index in [1.165, 1.54) is 29.8 Å². The summed E-state index contributed by atoms with van der Waals surface area (Å²) in [5.41, 5.74) is 4.10. The lowest BCUT2D eigenvalue weighted by Gasteiger charge is -2.05. The van der Waals surface area contributed by atoms with Gasteiger partial charge in [0.1, 0.15) is 0 Å². The standard InChI is InChI=1S/C10H16N2/c1-4-8-5-6(2)9-7(3)11-12-10(8)9/h6,8H,4-5H2,1-3H3,(H,11,12). The molecular formula is C10H16N2. The largest absolute Gasteiger partial charge is 0.282 e. The highest BCUT2D eigenvalue weighted by atomic mass is 15.1. The van der Waals surface area contributed by atoms with Crippen LogP contribution < -0.4 is 0 Å². The summed E-state index contributed by atoms with van der Waals surface area (Å²) in [6.07, 6.45) is 2.54. The topological polar surface area (TPSA) is 28.7 Å². The third-order valence-electron chi connectivity index (χ3n) is 3.06. The zero-order chi connectivity index (χ0) is 8.72. The van der Waals surface area contributed by atoms with Crippen molar-refractivity contribution in [2.75, 3.05) is 0 Å². The number of hydrogen-bond acceptors (Lipinski definition) is 1. The van der Waals surface area contributed by atoms with E-state index in [0.717, 1.165) is 5.92 Å². The molecule has 0 aromatic carbocycles. The lowest BCUT2D eigenvalue weighted by Crippen LogP contribution is -1.92. The van der Waals surface area contributed by atoms with E-state index in [4.69, 9.17) is 0 Å². The van der Waals surface area contributed by atoms with Crippen LogP contribution in [-0.4, -0.2) is 10.2 Å². The second-order valence-corrected chi connectivity index (χ2v) is 3.88. The van der Waals surface area contributed by atoms with E-state index in [0.29, 0.717) is 5.92 Å². The molecule has 1 aliphatic rings. The molecule has 0 saturated heterocycles. The molecule has 0 spiro atoms. The van der Waals surface area contributed by atoms with E-state index in [2.05, 4.69) is 31.0 Å². The van der Waals surface area contributed by atoms with Crippen molar-refractivity contribution in [1.29, 1.82) is 0 Å². The van der Waals surface area contributed by atoms with E-state index < -0.39 is 0 Å². The Morgan fingerprint density at radius 3 is 3.00 bits per heavy atom. The van der Waals surface area contributed by atoms with Gasteiger partial charge in [0.2, 0.25) is 0 Å². The van der Waals surface area contributed by atoms with Gasteiger partial charge in [-0.3, -0.25) is 5.10 Å². The van der Waals surface area contributed by atoms with Gasteiger partial charge in [-0.15, -0.1) is 0 Å². The molecule has 0 bridgehead atoms. The van der Waals surface area contributed by atoms with E-state index in [-0.39, 0.29) is 0 Å². The molecule has 2 atom stereocenters. The van der Waals surface area contributed by atoms with E-state index >= 15 is 0 Å². The highest BCUT2D eigenvalue weighted by Gasteiger charge is 2.30. The monoisotopic (exact) mass is 164 g/mol. The fourth-order valence-electron chi connectivity index (χ4n) is 2.43. The van der Waals surface area contributed by atoms with Crippen LogP contribution in [0.3, 0.4) is 0 Å². The second-order valence-electron chi connectivity index (χ2n) is 3.88. The van der Waals surface area contributed by atoms with Gasteiger partial charge < -0.3 is 0 Å². The first kappa shape index (κ1) is 7.84. The Hall–Kier alpha value is -0.790. The number of fused-ring (bicyclic) bond motifs is 1. The van der Waals surface area contributed by atoms with Crippen LogP contribution in [0.25, 0.3) is 0 Å². The van der Waals surface area contributed by atoms with Crippen molar-refractivity contribution >= 4 is 0 Å². The number of rotatable bonds is 1. The maximum atomic E-state index is 4.26. The first-order valence-electron chi connectivity index (χ1n) is 4.78. The van der Waals surface area contributed by atoms with Gasteiger partial charge in [-0.05, 0) is 31.2 Å². The molecule has 1 aliphatic carbocycles. The van der Waals surface area contributed by atoms with Crippen molar-refractivity contribution < 1.29 is 0 Å². The van der Waals surface area contributed by atoms with Crippen LogP contribution in [0, 0.1) is 6.92 Å².